The number of benzene rings is 1. The zero-order valence-corrected chi connectivity index (χ0v) is 12.7. The van der Waals surface area contributed by atoms with Crippen LogP contribution in [0.3, 0.4) is 0 Å². The predicted molar refractivity (Wildman–Crippen MR) is 85.9 cm³/mol. The van der Waals surface area contributed by atoms with Gasteiger partial charge in [0, 0.05) is 12.2 Å². The number of anilines is 3. The van der Waals surface area contributed by atoms with Crippen LogP contribution in [0.5, 0.6) is 0 Å². The molecule has 2 rings (SSSR count). The second kappa shape index (κ2) is 7.90. The number of rotatable bonds is 7. The molecule has 0 atom stereocenters. The van der Waals surface area contributed by atoms with E-state index in [9.17, 15) is 0 Å². The van der Waals surface area contributed by atoms with E-state index in [1.165, 1.54) is 0 Å². The van der Waals surface area contributed by atoms with Crippen molar-refractivity contribution in [3.05, 3.63) is 36.0 Å². The summed E-state index contributed by atoms with van der Waals surface area (Å²) in [6, 6.07) is 9.23. The molecule has 1 aromatic carbocycles. The van der Waals surface area contributed by atoms with Crippen LogP contribution in [-0.2, 0) is 0 Å². The van der Waals surface area contributed by atoms with E-state index >= 15 is 0 Å². The average Bonchev–Trinajstić information content (AvgIpc) is 2.52. The Morgan fingerprint density at radius 3 is 2.68 bits per heavy atom. The summed E-state index contributed by atoms with van der Waals surface area (Å²) in [7, 11) is 4.08. The summed E-state index contributed by atoms with van der Waals surface area (Å²) in [5.41, 5.74) is 1.47. The molecule has 1 aromatic heterocycles. The number of nitriles is 1. The second-order valence-electron chi connectivity index (χ2n) is 5.06. The Morgan fingerprint density at radius 1 is 1.23 bits per heavy atom. The highest BCUT2D eigenvalue weighted by molar-refractivity contribution is 5.57. The van der Waals surface area contributed by atoms with E-state index in [0.717, 1.165) is 25.2 Å². The van der Waals surface area contributed by atoms with Gasteiger partial charge in [-0.05, 0) is 51.3 Å². The van der Waals surface area contributed by atoms with Gasteiger partial charge in [0.05, 0.1) is 17.8 Å². The van der Waals surface area contributed by atoms with Crippen LogP contribution in [-0.4, -0.2) is 47.3 Å². The summed E-state index contributed by atoms with van der Waals surface area (Å²) in [5, 5.41) is 22.9. The van der Waals surface area contributed by atoms with Crippen molar-refractivity contribution in [3.63, 3.8) is 0 Å². The van der Waals surface area contributed by atoms with Crippen LogP contribution in [0.4, 0.5) is 17.5 Å². The van der Waals surface area contributed by atoms with Gasteiger partial charge in [0.25, 0.3) is 0 Å². The van der Waals surface area contributed by atoms with Crippen LogP contribution in [0.1, 0.15) is 12.0 Å². The number of hydrogen-bond donors (Lipinski definition) is 2. The maximum atomic E-state index is 8.78. The number of aromatic nitrogens is 3. The van der Waals surface area contributed by atoms with E-state index in [0.29, 0.717) is 17.3 Å². The van der Waals surface area contributed by atoms with Crippen LogP contribution in [0.15, 0.2) is 30.5 Å². The Bertz CT molecular complexity index is 631. The van der Waals surface area contributed by atoms with E-state index in [1.54, 1.807) is 18.3 Å². The minimum absolute atomic E-state index is 0.498. The first kappa shape index (κ1) is 15.7. The fraction of sp³-hybridized carbons (Fsp3) is 0.333. The van der Waals surface area contributed by atoms with Crippen molar-refractivity contribution in [1.82, 2.24) is 20.1 Å². The highest BCUT2D eigenvalue weighted by Gasteiger charge is 2.01. The van der Waals surface area contributed by atoms with E-state index in [4.69, 9.17) is 5.26 Å². The first-order valence-corrected chi connectivity index (χ1v) is 7.03. The third-order valence-corrected chi connectivity index (χ3v) is 2.91. The fourth-order valence-electron chi connectivity index (χ4n) is 1.81. The number of nitrogens with zero attached hydrogens (tertiary/aromatic N) is 5. The van der Waals surface area contributed by atoms with Crippen molar-refractivity contribution in [2.75, 3.05) is 37.8 Å². The molecule has 22 heavy (non-hydrogen) atoms. The molecule has 2 N–H and O–H groups in total. The van der Waals surface area contributed by atoms with E-state index in [-0.39, 0.29) is 0 Å². The molecule has 0 aliphatic heterocycles. The molecule has 0 amide bonds. The van der Waals surface area contributed by atoms with Gasteiger partial charge in [-0.25, -0.2) is 0 Å². The third kappa shape index (κ3) is 5.00. The summed E-state index contributed by atoms with van der Waals surface area (Å²) < 4.78 is 0. The molecular weight excluding hydrogens is 278 g/mol. The van der Waals surface area contributed by atoms with E-state index in [2.05, 4.69) is 36.8 Å². The summed E-state index contributed by atoms with van der Waals surface area (Å²) in [6.07, 6.45) is 2.56. The summed E-state index contributed by atoms with van der Waals surface area (Å²) in [6.45, 7) is 1.80. The predicted octanol–water partition coefficient (Wildman–Crippen LogP) is 1.85. The lowest BCUT2D eigenvalue weighted by atomic mass is 10.2. The zero-order valence-electron chi connectivity index (χ0n) is 12.7. The molecule has 2 aromatic rings. The Labute approximate surface area is 130 Å². The van der Waals surface area contributed by atoms with Gasteiger partial charge in [-0.15, -0.1) is 5.10 Å². The van der Waals surface area contributed by atoms with Crippen molar-refractivity contribution < 1.29 is 0 Å². The van der Waals surface area contributed by atoms with Crippen molar-refractivity contribution in [2.24, 2.45) is 0 Å². The smallest absolute Gasteiger partial charge is 0.244 e. The molecule has 0 bridgehead atoms. The van der Waals surface area contributed by atoms with Gasteiger partial charge in [0.1, 0.15) is 0 Å². The van der Waals surface area contributed by atoms with Gasteiger partial charge >= 0.3 is 0 Å². The molecule has 0 unspecified atom stereocenters. The minimum Gasteiger partial charge on any atom is -0.353 e. The van der Waals surface area contributed by atoms with Crippen LogP contribution >= 0.6 is 0 Å². The lowest BCUT2D eigenvalue weighted by molar-refractivity contribution is 0.405. The Hall–Kier alpha value is -2.72. The molecule has 0 aliphatic carbocycles. The first-order chi connectivity index (χ1) is 10.7. The number of hydrogen-bond acceptors (Lipinski definition) is 7. The molecule has 0 radical (unpaired) electrons. The zero-order chi connectivity index (χ0) is 15.8. The van der Waals surface area contributed by atoms with Crippen molar-refractivity contribution in [1.29, 1.82) is 5.26 Å². The maximum absolute atomic E-state index is 8.78. The molecule has 0 saturated carbocycles. The molecule has 0 fully saturated rings. The van der Waals surface area contributed by atoms with Gasteiger partial charge in [-0.2, -0.15) is 15.3 Å². The van der Waals surface area contributed by atoms with Crippen LogP contribution in [0, 0.1) is 11.3 Å². The van der Waals surface area contributed by atoms with Gasteiger partial charge < -0.3 is 15.5 Å². The largest absolute Gasteiger partial charge is 0.353 e. The average molecular weight is 297 g/mol. The lowest BCUT2D eigenvalue weighted by Crippen LogP contribution is -2.17. The van der Waals surface area contributed by atoms with Gasteiger partial charge in [0.15, 0.2) is 5.82 Å². The van der Waals surface area contributed by atoms with Gasteiger partial charge in [-0.3, -0.25) is 0 Å². The molecule has 0 saturated heterocycles. The van der Waals surface area contributed by atoms with Crippen LogP contribution in [0.25, 0.3) is 0 Å². The summed E-state index contributed by atoms with van der Waals surface area (Å²) in [4.78, 5) is 6.48. The van der Waals surface area contributed by atoms with E-state index in [1.807, 2.05) is 26.2 Å². The lowest BCUT2D eigenvalue weighted by Gasteiger charge is -2.10. The molecule has 1 heterocycles. The molecule has 0 spiro atoms. The van der Waals surface area contributed by atoms with E-state index < -0.39 is 0 Å². The van der Waals surface area contributed by atoms with Crippen molar-refractivity contribution >= 4 is 17.5 Å². The number of nitrogens with one attached hydrogen (secondary N) is 2. The fourth-order valence-corrected chi connectivity index (χ4v) is 1.81. The van der Waals surface area contributed by atoms with Gasteiger partial charge in [-0.1, -0.05) is 0 Å². The quantitative estimate of drug-likeness (QED) is 0.754. The molecule has 0 aliphatic rings. The first-order valence-electron chi connectivity index (χ1n) is 7.03. The standard InChI is InChI=1S/C15H19N7/c1-22(2)9-3-8-17-15-20-14(11-18-21-15)19-13-6-4-12(10-16)5-7-13/h4-7,11H,3,8-9H2,1-2H3,(H2,17,19,20,21). The third-order valence-electron chi connectivity index (χ3n) is 2.91. The highest BCUT2D eigenvalue weighted by atomic mass is 15.3. The van der Waals surface area contributed by atoms with Crippen molar-refractivity contribution in [2.45, 2.75) is 6.42 Å². The monoisotopic (exact) mass is 297 g/mol. The van der Waals surface area contributed by atoms with Crippen molar-refractivity contribution in [3.8, 4) is 6.07 Å². The second-order valence-corrected chi connectivity index (χ2v) is 5.06. The highest BCUT2D eigenvalue weighted by Crippen LogP contribution is 2.14. The maximum Gasteiger partial charge on any atom is 0.244 e. The Kier molecular flexibility index (Phi) is 5.63. The molecule has 114 valence electrons. The minimum atomic E-state index is 0.498. The van der Waals surface area contributed by atoms with Crippen LogP contribution < -0.4 is 10.6 Å². The SMILES string of the molecule is CN(C)CCCNc1nncc(Nc2ccc(C#N)cc2)n1. The van der Waals surface area contributed by atoms with Crippen LogP contribution in [0.2, 0.25) is 0 Å². The normalized spacial score (nSPS) is 10.3. The Balaban J connectivity index is 1.91. The molecule has 7 heteroatoms. The van der Waals surface area contributed by atoms with Gasteiger partial charge in [0.2, 0.25) is 5.95 Å². The summed E-state index contributed by atoms with van der Waals surface area (Å²) in [5.74, 6) is 1.10. The Morgan fingerprint density at radius 2 is 2.00 bits per heavy atom. The molecule has 7 nitrogen and oxygen atoms in total. The summed E-state index contributed by atoms with van der Waals surface area (Å²) >= 11 is 0. The topological polar surface area (TPSA) is 89.8 Å². The molecular formula is C15H19N7.